The molecule has 3 rings (SSSR count). The van der Waals surface area contributed by atoms with Gasteiger partial charge in [-0.2, -0.15) is 0 Å². The molecule has 0 fully saturated rings. The van der Waals surface area contributed by atoms with Crippen LogP contribution in [0.5, 0.6) is 5.75 Å². The van der Waals surface area contributed by atoms with E-state index in [1.165, 1.54) is 5.56 Å². The van der Waals surface area contributed by atoms with Crippen molar-refractivity contribution < 1.29 is 13.5 Å². The predicted molar refractivity (Wildman–Crippen MR) is 81.9 cm³/mol. The molecule has 0 saturated carbocycles. The second-order valence-corrected chi connectivity index (χ2v) is 5.82. The van der Waals surface area contributed by atoms with E-state index in [9.17, 15) is 8.78 Å². The minimum atomic E-state index is -0.478. The van der Waals surface area contributed by atoms with Crippen molar-refractivity contribution in [2.75, 3.05) is 18.5 Å². The molecule has 5 heteroatoms. The maximum atomic E-state index is 13.7. The summed E-state index contributed by atoms with van der Waals surface area (Å²) < 4.78 is 32.6. The first-order valence-corrected chi connectivity index (χ1v) is 7.56. The van der Waals surface area contributed by atoms with Gasteiger partial charge in [-0.25, -0.2) is 8.78 Å². The Morgan fingerprint density at radius 2 is 2.00 bits per heavy atom. The van der Waals surface area contributed by atoms with Crippen LogP contribution in [-0.4, -0.2) is 13.2 Å². The maximum absolute atomic E-state index is 13.7. The highest BCUT2D eigenvalue weighted by Gasteiger charge is 2.12. The Kier molecular flexibility index (Phi) is 4.10. The fraction of sp³-hybridized carbons (Fsp3) is 0.250. The Bertz CT molecular complexity index is 676. The summed E-state index contributed by atoms with van der Waals surface area (Å²) in [5, 5.41) is 2.93. The van der Waals surface area contributed by atoms with Crippen LogP contribution in [0.15, 0.2) is 34.8 Å². The molecule has 1 N–H and O–H groups in total. The fourth-order valence-electron chi connectivity index (χ4n) is 2.39. The highest BCUT2D eigenvalue weighted by molar-refractivity contribution is 9.10. The van der Waals surface area contributed by atoms with Crippen LogP contribution in [0.2, 0.25) is 0 Å². The lowest BCUT2D eigenvalue weighted by molar-refractivity contribution is 0.357. The highest BCUT2D eigenvalue weighted by Crippen LogP contribution is 2.26. The number of hydrogen-bond donors (Lipinski definition) is 1. The molecule has 0 unspecified atom stereocenters. The minimum Gasteiger partial charge on any atom is -0.493 e. The molecular weight excluding hydrogens is 340 g/mol. The second-order valence-electron chi connectivity index (χ2n) is 4.96. The van der Waals surface area contributed by atoms with Gasteiger partial charge in [0.05, 0.1) is 16.8 Å². The lowest BCUT2D eigenvalue weighted by atomic mass is 10.1. The summed E-state index contributed by atoms with van der Waals surface area (Å²) in [5.74, 6) is 0.00643. The fourth-order valence-corrected chi connectivity index (χ4v) is 2.71. The van der Waals surface area contributed by atoms with Crippen LogP contribution in [0.25, 0.3) is 0 Å². The van der Waals surface area contributed by atoms with Crippen LogP contribution in [0.4, 0.5) is 14.5 Å². The first-order chi connectivity index (χ1) is 10.1. The number of anilines is 1. The SMILES string of the molecule is Fc1cc(NCCc2ccc3c(c2)CCO3)c(F)cc1Br. The lowest BCUT2D eigenvalue weighted by Crippen LogP contribution is -2.07. The van der Waals surface area contributed by atoms with E-state index in [2.05, 4.69) is 27.3 Å². The quantitative estimate of drug-likeness (QED) is 0.826. The smallest absolute Gasteiger partial charge is 0.147 e. The third-order valence-electron chi connectivity index (χ3n) is 3.49. The van der Waals surface area contributed by atoms with Crippen LogP contribution in [0.1, 0.15) is 11.1 Å². The van der Waals surface area contributed by atoms with Crippen molar-refractivity contribution in [3.63, 3.8) is 0 Å². The number of rotatable bonds is 4. The molecule has 0 saturated heterocycles. The van der Waals surface area contributed by atoms with Crippen molar-refractivity contribution >= 4 is 21.6 Å². The standard InChI is InChI=1S/C16H14BrF2NO/c17-12-8-14(19)15(9-13(12)18)20-5-3-10-1-2-16-11(7-10)4-6-21-16/h1-2,7-9,20H,3-6H2. The van der Waals surface area contributed by atoms with E-state index in [1.807, 2.05) is 12.1 Å². The van der Waals surface area contributed by atoms with Crippen molar-refractivity contribution in [3.8, 4) is 5.75 Å². The molecular formula is C16H14BrF2NO. The highest BCUT2D eigenvalue weighted by atomic mass is 79.9. The third-order valence-corrected chi connectivity index (χ3v) is 4.10. The molecule has 110 valence electrons. The number of hydrogen-bond acceptors (Lipinski definition) is 2. The number of halogens is 3. The van der Waals surface area contributed by atoms with Gasteiger partial charge in [-0.1, -0.05) is 12.1 Å². The molecule has 0 amide bonds. The van der Waals surface area contributed by atoms with E-state index < -0.39 is 11.6 Å². The van der Waals surface area contributed by atoms with Gasteiger partial charge in [0.25, 0.3) is 0 Å². The first kappa shape index (κ1) is 14.3. The average molecular weight is 354 g/mol. The van der Waals surface area contributed by atoms with Crippen LogP contribution in [0, 0.1) is 11.6 Å². The Hall–Kier alpha value is -1.62. The van der Waals surface area contributed by atoms with Crippen molar-refractivity contribution in [2.24, 2.45) is 0 Å². The van der Waals surface area contributed by atoms with Crippen LogP contribution in [-0.2, 0) is 12.8 Å². The lowest BCUT2D eigenvalue weighted by Gasteiger charge is -2.09. The average Bonchev–Trinajstić information content (AvgIpc) is 2.92. The Morgan fingerprint density at radius 3 is 2.86 bits per heavy atom. The van der Waals surface area contributed by atoms with Crippen LogP contribution >= 0.6 is 15.9 Å². The third kappa shape index (κ3) is 3.18. The molecule has 2 aromatic carbocycles. The summed E-state index contributed by atoms with van der Waals surface area (Å²) in [7, 11) is 0. The van der Waals surface area contributed by atoms with E-state index in [1.54, 1.807) is 0 Å². The van der Waals surface area contributed by atoms with Gasteiger partial charge in [0.1, 0.15) is 17.4 Å². The molecule has 1 aliphatic heterocycles. The van der Waals surface area contributed by atoms with Gasteiger partial charge >= 0.3 is 0 Å². The zero-order valence-corrected chi connectivity index (χ0v) is 12.8. The van der Waals surface area contributed by atoms with E-state index >= 15 is 0 Å². The van der Waals surface area contributed by atoms with Crippen molar-refractivity contribution in [2.45, 2.75) is 12.8 Å². The zero-order chi connectivity index (χ0) is 14.8. The van der Waals surface area contributed by atoms with Gasteiger partial charge in [-0.15, -0.1) is 0 Å². The van der Waals surface area contributed by atoms with E-state index in [-0.39, 0.29) is 10.2 Å². The largest absolute Gasteiger partial charge is 0.493 e. The van der Waals surface area contributed by atoms with Crippen molar-refractivity contribution in [1.82, 2.24) is 0 Å². The summed E-state index contributed by atoms with van der Waals surface area (Å²) in [5.41, 5.74) is 2.55. The van der Waals surface area contributed by atoms with Gasteiger partial charge < -0.3 is 10.1 Å². The summed E-state index contributed by atoms with van der Waals surface area (Å²) in [4.78, 5) is 0. The summed E-state index contributed by atoms with van der Waals surface area (Å²) >= 11 is 2.96. The molecule has 0 radical (unpaired) electrons. The molecule has 0 aromatic heterocycles. The Morgan fingerprint density at radius 1 is 1.14 bits per heavy atom. The van der Waals surface area contributed by atoms with E-state index in [4.69, 9.17) is 4.74 Å². The molecule has 0 aliphatic carbocycles. The van der Waals surface area contributed by atoms with Gasteiger partial charge in [0, 0.05) is 19.0 Å². The number of fused-ring (bicyclic) bond motifs is 1. The summed E-state index contributed by atoms with van der Waals surface area (Å²) in [6.45, 7) is 1.28. The minimum absolute atomic E-state index is 0.129. The monoisotopic (exact) mass is 353 g/mol. The van der Waals surface area contributed by atoms with Crippen LogP contribution in [0.3, 0.4) is 0 Å². The number of benzene rings is 2. The van der Waals surface area contributed by atoms with Crippen molar-refractivity contribution in [1.29, 1.82) is 0 Å². The first-order valence-electron chi connectivity index (χ1n) is 6.76. The molecule has 1 heterocycles. The molecule has 0 bridgehead atoms. The normalized spacial score (nSPS) is 12.9. The van der Waals surface area contributed by atoms with E-state index in [0.717, 1.165) is 42.9 Å². The van der Waals surface area contributed by atoms with Gasteiger partial charge in [-0.05, 0) is 45.6 Å². The molecule has 21 heavy (non-hydrogen) atoms. The molecule has 1 aliphatic rings. The summed E-state index contributed by atoms with van der Waals surface area (Å²) in [6.07, 6.45) is 1.67. The summed E-state index contributed by atoms with van der Waals surface area (Å²) in [6, 6.07) is 8.38. The second kappa shape index (κ2) is 6.02. The van der Waals surface area contributed by atoms with Gasteiger partial charge in [-0.3, -0.25) is 0 Å². The van der Waals surface area contributed by atoms with Crippen LogP contribution < -0.4 is 10.1 Å². The molecule has 2 aromatic rings. The van der Waals surface area contributed by atoms with Crippen molar-refractivity contribution in [3.05, 3.63) is 57.6 Å². The number of ether oxygens (including phenoxy) is 1. The Labute approximate surface area is 130 Å². The number of nitrogens with one attached hydrogen (secondary N) is 1. The van der Waals surface area contributed by atoms with E-state index in [0.29, 0.717) is 6.54 Å². The molecule has 0 spiro atoms. The van der Waals surface area contributed by atoms with Gasteiger partial charge in [0.2, 0.25) is 0 Å². The maximum Gasteiger partial charge on any atom is 0.147 e. The van der Waals surface area contributed by atoms with Gasteiger partial charge in [0.15, 0.2) is 0 Å². The molecule has 2 nitrogen and oxygen atoms in total. The predicted octanol–water partition coefficient (Wildman–Crippen LogP) is 4.32. The zero-order valence-electron chi connectivity index (χ0n) is 11.3. The topological polar surface area (TPSA) is 21.3 Å². The Balaban J connectivity index is 1.62. The molecule has 0 atom stereocenters.